The van der Waals surface area contributed by atoms with E-state index in [1.54, 1.807) is 11.7 Å². The Bertz CT molecular complexity index is 1300. The highest BCUT2D eigenvalue weighted by Crippen LogP contribution is 2.17. The van der Waals surface area contributed by atoms with Crippen LogP contribution in [0.2, 0.25) is 0 Å². The lowest BCUT2D eigenvalue weighted by molar-refractivity contribution is 0.0961. The molecule has 4 aromatic rings. The number of nitrogens with zero attached hydrogens (tertiary/aromatic N) is 3. The number of fused-ring (bicyclic) bond motifs is 1. The summed E-state index contributed by atoms with van der Waals surface area (Å²) < 4.78 is 6.92. The van der Waals surface area contributed by atoms with Gasteiger partial charge in [-0.15, -0.1) is 0 Å². The fraction of sp³-hybridized carbons (Fsp3) is 0.167. The summed E-state index contributed by atoms with van der Waals surface area (Å²) in [6, 6.07) is 17.3. The molecule has 0 atom stereocenters. The first-order valence-electron chi connectivity index (χ1n) is 10.2. The molecule has 0 aliphatic rings. The highest BCUT2D eigenvalue weighted by atomic mass is 16.5. The van der Waals surface area contributed by atoms with Crippen LogP contribution < -0.4 is 20.8 Å². The van der Waals surface area contributed by atoms with Gasteiger partial charge in [-0.3, -0.25) is 9.59 Å². The van der Waals surface area contributed by atoms with Gasteiger partial charge in [0.05, 0.1) is 12.5 Å². The number of para-hydroxylation sites is 1. The molecule has 2 aromatic carbocycles. The van der Waals surface area contributed by atoms with E-state index >= 15 is 0 Å². The molecule has 0 radical (unpaired) electrons. The van der Waals surface area contributed by atoms with Crippen molar-refractivity contribution in [2.24, 2.45) is 0 Å². The molecule has 2 heterocycles. The normalized spacial score (nSPS) is 10.7. The summed E-state index contributed by atoms with van der Waals surface area (Å²) in [5.41, 5.74) is 1.99. The van der Waals surface area contributed by atoms with Crippen LogP contribution >= 0.6 is 0 Å². The van der Waals surface area contributed by atoms with Crippen LogP contribution in [-0.2, 0) is 6.42 Å². The molecular formula is C24H23N5O3. The highest BCUT2D eigenvalue weighted by Gasteiger charge is 2.17. The molecule has 0 unspecified atom stereocenters. The lowest BCUT2D eigenvalue weighted by Gasteiger charge is -2.13. The Hall–Kier alpha value is -4.20. The summed E-state index contributed by atoms with van der Waals surface area (Å²) in [5, 5.41) is 6.00. The van der Waals surface area contributed by atoms with Crippen molar-refractivity contribution >= 4 is 22.9 Å². The van der Waals surface area contributed by atoms with Gasteiger partial charge in [-0.1, -0.05) is 30.3 Å². The summed E-state index contributed by atoms with van der Waals surface area (Å²) in [5.74, 6) is 0.764. The molecule has 162 valence electrons. The minimum absolute atomic E-state index is 0.0349. The number of carbonyl (C=O) groups excluding carboxylic acids is 1. The molecule has 8 nitrogen and oxygen atoms in total. The highest BCUT2D eigenvalue weighted by molar-refractivity contribution is 5.97. The second-order valence-corrected chi connectivity index (χ2v) is 7.11. The molecule has 0 bridgehead atoms. The van der Waals surface area contributed by atoms with Crippen molar-refractivity contribution in [3.05, 3.63) is 88.3 Å². The number of nitrogens with one attached hydrogen (secondary N) is 2. The fourth-order valence-corrected chi connectivity index (χ4v) is 3.39. The van der Waals surface area contributed by atoms with Crippen molar-refractivity contribution in [3.8, 4) is 11.4 Å². The van der Waals surface area contributed by atoms with Gasteiger partial charge in [-0.25, -0.2) is 4.98 Å². The van der Waals surface area contributed by atoms with Crippen LogP contribution in [0.1, 0.15) is 15.9 Å². The predicted octanol–water partition coefficient (Wildman–Crippen LogP) is 2.80. The number of pyridine rings is 1. The van der Waals surface area contributed by atoms with Crippen molar-refractivity contribution in [2.75, 3.05) is 26.0 Å². The van der Waals surface area contributed by atoms with E-state index < -0.39 is 11.3 Å². The molecule has 4 rings (SSSR count). The van der Waals surface area contributed by atoms with Gasteiger partial charge < -0.3 is 19.9 Å². The maximum atomic E-state index is 12.9. The number of ether oxygens (including phenoxy) is 1. The molecular weight excluding hydrogens is 406 g/mol. The number of anilines is 1. The lowest BCUT2D eigenvalue weighted by Crippen LogP contribution is -2.27. The largest absolute Gasteiger partial charge is 0.497 e. The Kier molecular flexibility index (Phi) is 6.12. The van der Waals surface area contributed by atoms with Gasteiger partial charge in [0.25, 0.3) is 5.91 Å². The van der Waals surface area contributed by atoms with Gasteiger partial charge in [0.1, 0.15) is 11.3 Å². The van der Waals surface area contributed by atoms with Crippen molar-refractivity contribution in [1.82, 2.24) is 19.9 Å². The van der Waals surface area contributed by atoms with Crippen LogP contribution in [0.5, 0.6) is 5.75 Å². The Morgan fingerprint density at radius 1 is 1.09 bits per heavy atom. The van der Waals surface area contributed by atoms with Gasteiger partial charge in [-0.2, -0.15) is 4.98 Å². The van der Waals surface area contributed by atoms with E-state index in [1.165, 1.54) is 19.4 Å². The first-order chi connectivity index (χ1) is 15.6. The maximum absolute atomic E-state index is 12.9. The van der Waals surface area contributed by atoms with E-state index in [0.29, 0.717) is 18.1 Å². The molecule has 0 fully saturated rings. The standard InChI is InChI=1S/C24H23N5O3/c1-25-23(31)20-15-29(17-6-4-3-5-7-17)22-19(21(20)30)14-27-24(28-22)26-13-12-16-8-10-18(32-2)11-9-16/h3-11,14-15H,12-13H2,1-2H3,(H,25,31)(H,26,27,28). The summed E-state index contributed by atoms with van der Waals surface area (Å²) in [7, 11) is 3.13. The summed E-state index contributed by atoms with van der Waals surface area (Å²) in [6.07, 6.45) is 3.76. The quantitative estimate of drug-likeness (QED) is 0.469. The van der Waals surface area contributed by atoms with Gasteiger partial charge in [0.15, 0.2) is 5.65 Å². The van der Waals surface area contributed by atoms with E-state index in [-0.39, 0.29) is 10.9 Å². The number of amides is 1. The van der Waals surface area contributed by atoms with Crippen LogP contribution in [0.3, 0.4) is 0 Å². The average molecular weight is 429 g/mol. The molecule has 0 aliphatic heterocycles. The molecule has 2 aromatic heterocycles. The number of hydrogen-bond acceptors (Lipinski definition) is 6. The topological polar surface area (TPSA) is 98.1 Å². The second kappa shape index (κ2) is 9.30. The summed E-state index contributed by atoms with van der Waals surface area (Å²) in [4.78, 5) is 34.0. The van der Waals surface area contributed by atoms with Crippen LogP contribution in [0.4, 0.5) is 5.95 Å². The van der Waals surface area contributed by atoms with Crippen molar-refractivity contribution in [1.29, 1.82) is 0 Å². The SMILES string of the molecule is CNC(=O)c1cn(-c2ccccc2)c2nc(NCCc3ccc(OC)cc3)ncc2c1=O. The van der Waals surface area contributed by atoms with Crippen LogP contribution in [0, 0.1) is 0 Å². The Labute approximate surface area is 184 Å². The third-order valence-electron chi connectivity index (χ3n) is 5.11. The molecule has 1 amide bonds. The summed E-state index contributed by atoms with van der Waals surface area (Å²) >= 11 is 0. The number of methoxy groups -OCH3 is 1. The number of aromatic nitrogens is 3. The first-order valence-corrected chi connectivity index (χ1v) is 10.2. The zero-order chi connectivity index (χ0) is 22.5. The molecule has 0 saturated heterocycles. The zero-order valence-electron chi connectivity index (χ0n) is 17.8. The average Bonchev–Trinajstić information content (AvgIpc) is 2.85. The van der Waals surface area contributed by atoms with E-state index in [4.69, 9.17) is 4.74 Å². The van der Waals surface area contributed by atoms with Crippen LogP contribution in [0.15, 0.2) is 71.8 Å². The maximum Gasteiger partial charge on any atom is 0.256 e. The molecule has 8 heteroatoms. The third-order valence-corrected chi connectivity index (χ3v) is 5.11. The van der Waals surface area contributed by atoms with E-state index in [9.17, 15) is 9.59 Å². The smallest absolute Gasteiger partial charge is 0.256 e. The lowest BCUT2D eigenvalue weighted by atomic mass is 10.1. The first kappa shape index (κ1) is 21.0. The third kappa shape index (κ3) is 4.29. The van der Waals surface area contributed by atoms with Crippen molar-refractivity contribution < 1.29 is 9.53 Å². The predicted molar refractivity (Wildman–Crippen MR) is 124 cm³/mol. The molecule has 32 heavy (non-hydrogen) atoms. The molecule has 0 saturated carbocycles. The van der Waals surface area contributed by atoms with E-state index in [2.05, 4.69) is 20.6 Å². The number of carbonyl (C=O) groups is 1. The summed E-state index contributed by atoms with van der Waals surface area (Å²) in [6.45, 7) is 0.615. The minimum Gasteiger partial charge on any atom is -0.497 e. The number of hydrogen-bond donors (Lipinski definition) is 2. The number of benzene rings is 2. The fourth-order valence-electron chi connectivity index (χ4n) is 3.39. The van der Waals surface area contributed by atoms with Gasteiger partial charge >= 0.3 is 0 Å². The van der Waals surface area contributed by atoms with Crippen LogP contribution in [-0.4, -0.2) is 41.1 Å². The zero-order valence-corrected chi connectivity index (χ0v) is 17.8. The van der Waals surface area contributed by atoms with E-state index in [1.807, 2.05) is 54.6 Å². The van der Waals surface area contributed by atoms with Crippen LogP contribution in [0.25, 0.3) is 16.7 Å². The van der Waals surface area contributed by atoms with Gasteiger partial charge in [0, 0.05) is 31.7 Å². The van der Waals surface area contributed by atoms with Crippen molar-refractivity contribution in [3.63, 3.8) is 0 Å². The second-order valence-electron chi connectivity index (χ2n) is 7.11. The molecule has 0 spiro atoms. The molecule has 2 N–H and O–H groups in total. The Morgan fingerprint density at radius 2 is 1.84 bits per heavy atom. The van der Waals surface area contributed by atoms with Gasteiger partial charge in [0.2, 0.25) is 11.4 Å². The van der Waals surface area contributed by atoms with E-state index in [0.717, 1.165) is 23.4 Å². The van der Waals surface area contributed by atoms with Crippen molar-refractivity contribution in [2.45, 2.75) is 6.42 Å². The Morgan fingerprint density at radius 3 is 2.53 bits per heavy atom. The monoisotopic (exact) mass is 429 g/mol. The molecule has 0 aliphatic carbocycles. The Balaban J connectivity index is 1.67. The minimum atomic E-state index is -0.455. The van der Waals surface area contributed by atoms with Gasteiger partial charge in [-0.05, 0) is 36.2 Å². The number of rotatable bonds is 7.